The highest BCUT2D eigenvalue weighted by Gasteiger charge is 2.30. The van der Waals surface area contributed by atoms with Crippen molar-refractivity contribution in [1.82, 2.24) is 19.6 Å². The van der Waals surface area contributed by atoms with Gasteiger partial charge in [0.25, 0.3) is 0 Å². The quantitative estimate of drug-likeness (QED) is 0.215. The van der Waals surface area contributed by atoms with Crippen LogP contribution in [0.5, 0.6) is 0 Å². The van der Waals surface area contributed by atoms with Crippen LogP contribution in [0.1, 0.15) is 48.9 Å². The van der Waals surface area contributed by atoms with Crippen LogP contribution in [0.4, 0.5) is 11.4 Å². The summed E-state index contributed by atoms with van der Waals surface area (Å²) in [6, 6.07) is 20.8. The van der Waals surface area contributed by atoms with Gasteiger partial charge in [0, 0.05) is 28.5 Å². The number of nitrogens with two attached hydrogens (primary N) is 1. The Labute approximate surface area is 247 Å². The van der Waals surface area contributed by atoms with Crippen molar-refractivity contribution >= 4 is 33.9 Å². The molecule has 0 bridgehead atoms. The summed E-state index contributed by atoms with van der Waals surface area (Å²) in [4.78, 5) is 10.5. The van der Waals surface area contributed by atoms with Crippen molar-refractivity contribution in [3.8, 4) is 0 Å². The second kappa shape index (κ2) is 14.0. The molecule has 11 heteroatoms. The number of thioether (sulfide) groups is 1. The van der Waals surface area contributed by atoms with Crippen molar-refractivity contribution in [1.29, 1.82) is 0 Å². The van der Waals surface area contributed by atoms with Crippen LogP contribution in [0.15, 0.2) is 85.5 Å². The molecule has 0 spiro atoms. The fourth-order valence-electron chi connectivity index (χ4n) is 5.82. The van der Waals surface area contributed by atoms with E-state index in [2.05, 4.69) is 46.6 Å². The maximum atomic E-state index is 11.6. The summed E-state index contributed by atoms with van der Waals surface area (Å²) in [5.74, 6) is 4.84. The van der Waals surface area contributed by atoms with Crippen LogP contribution < -0.4 is 5.73 Å². The van der Waals surface area contributed by atoms with Crippen LogP contribution in [-0.2, 0) is 10.8 Å². The standard InChI is InChI=1S/C15H17N3O2S.C15H19N3OS/c19-18(20)14-10-16-17(11-14)15(12-4-2-1-3-5-12)13-6-8-21-9-7-13;16-14-10-17-18(11-14)15(12-4-2-1-3-5-12)13-6-8-20(19)9-7-13/h1-5,10-11,13,15H,6-9H2;1-5,10-11,13,15H,6-9,16H2. The Hall–Kier alpha value is -3.44. The summed E-state index contributed by atoms with van der Waals surface area (Å²) in [5.41, 5.74) is 8.97. The Bertz CT molecular complexity index is 1410. The molecule has 2 aliphatic rings. The smallest absolute Gasteiger partial charge is 0.307 e. The Balaban J connectivity index is 0.000000165. The zero-order valence-corrected chi connectivity index (χ0v) is 24.5. The monoisotopic (exact) mass is 592 g/mol. The maximum Gasteiger partial charge on any atom is 0.307 e. The van der Waals surface area contributed by atoms with Gasteiger partial charge in [-0.05, 0) is 60.2 Å². The van der Waals surface area contributed by atoms with E-state index in [1.54, 1.807) is 17.1 Å². The molecule has 4 heterocycles. The van der Waals surface area contributed by atoms with E-state index in [-0.39, 0.29) is 22.7 Å². The molecule has 0 saturated carbocycles. The molecule has 0 amide bonds. The van der Waals surface area contributed by atoms with Gasteiger partial charge in [0.1, 0.15) is 12.4 Å². The zero-order valence-electron chi connectivity index (χ0n) is 22.9. The summed E-state index contributed by atoms with van der Waals surface area (Å²) in [6.07, 6.45) is 10.7. The van der Waals surface area contributed by atoms with Gasteiger partial charge in [0.2, 0.25) is 0 Å². The number of hydrogen-bond acceptors (Lipinski definition) is 7. The molecule has 2 unspecified atom stereocenters. The van der Waals surface area contributed by atoms with Gasteiger partial charge in [0.05, 0.1) is 28.9 Å². The molecule has 6 rings (SSSR count). The van der Waals surface area contributed by atoms with Crippen molar-refractivity contribution in [2.75, 3.05) is 28.7 Å². The molecular weight excluding hydrogens is 557 g/mol. The predicted octanol–water partition coefficient (Wildman–Crippen LogP) is 5.74. The van der Waals surface area contributed by atoms with Crippen LogP contribution in [-0.4, -0.2) is 51.7 Å². The Kier molecular flexibility index (Phi) is 9.89. The SMILES string of the molecule is Nc1cnn(C(c2ccccc2)C2CCS(=O)CC2)c1.O=[N+]([O-])c1cnn(C(c2ccccc2)C2CCSCC2)c1. The second-order valence-electron chi connectivity index (χ2n) is 10.5. The normalized spacial score (nSPS) is 20.9. The van der Waals surface area contributed by atoms with Crippen LogP contribution in [0.25, 0.3) is 0 Å². The van der Waals surface area contributed by atoms with Gasteiger partial charge in [-0.2, -0.15) is 22.0 Å². The lowest BCUT2D eigenvalue weighted by atomic mass is 9.88. The topological polar surface area (TPSA) is 122 Å². The molecule has 0 aliphatic carbocycles. The molecule has 2 aliphatic heterocycles. The minimum atomic E-state index is -0.639. The first-order chi connectivity index (χ1) is 20.0. The van der Waals surface area contributed by atoms with Gasteiger partial charge in [-0.15, -0.1) is 0 Å². The number of anilines is 1. The van der Waals surface area contributed by atoms with E-state index < -0.39 is 10.8 Å². The summed E-state index contributed by atoms with van der Waals surface area (Å²) < 4.78 is 15.3. The third-order valence-electron chi connectivity index (χ3n) is 7.86. The van der Waals surface area contributed by atoms with Crippen molar-refractivity contribution in [2.45, 2.75) is 37.8 Å². The fraction of sp³-hybridized carbons (Fsp3) is 0.400. The zero-order chi connectivity index (χ0) is 28.6. The highest BCUT2D eigenvalue weighted by atomic mass is 32.2. The van der Waals surface area contributed by atoms with Crippen LogP contribution in [0.3, 0.4) is 0 Å². The number of hydrogen-bond donors (Lipinski definition) is 1. The van der Waals surface area contributed by atoms with Crippen LogP contribution in [0.2, 0.25) is 0 Å². The first-order valence-electron chi connectivity index (χ1n) is 14.0. The van der Waals surface area contributed by atoms with Crippen LogP contribution in [0, 0.1) is 22.0 Å². The third-order valence-corrected chi connectivity index (χ3v) is 10.3. The number of nitrogen functional groups attached to an aromatic ring is 1. The number of aromatic nitrogens is 4. The van der Waals surface area contributed by atoms with E-state index in [4.69, 9.17) is 5.73 Å². The molecule has 2 aromatic carbocycles. The van der Waals surface area contributed by atoms with Crippen molar-refractivity contribution in [2.24, 2.45) is 11.8 Å². The van der Waals surface area contributed by atoms with Crippen molar-refractivity contribution in [3.05, 3.63) is 107 Å². The summed E-state index contributed by atoms with van der Waals surface area (Å²) in [5, 5.41) is 19.6. The summed E-state index contributed by atoms with van der Waals surface area (Å²) >= 11 is 1.98. The lowest BCUT2D eigenvalue weighted by molar-refractivity contribution is -0.385. The molecule has 0 radical (unpaired) electrons. The molecule has 216 valence electrons. The summed E-state index contributed by atoms with van der Waals surface area (Å²) in [6.45, 7) is 0. The molecule has 9 nitrogen and oxygen atoms in total. The predicted molar refractivity (Wildman–Crippen MR) is 165 cm³/mol. The summed E-state index contributed by atoms with van der Waals surface area (Å²) in [7, 11) is -0.639. The van der Waals surface area contributed by atoms with E-state index in [9.17, 15) is 14.3 Å². The van der Waals surface area contributed by atoms with Gasteiger partial charge < -0.3 is 5.73 Å². The average Bonchev–Trinajstić information content (AvgIpc) is 3.66. The van der Waals surface area contributed by atoms with Gasteiger partial charge >= 0.3 is 5.69 Å². The van der Waals surface area contributed by atoms with E-state index in [0.717, 1.165) is 48.7 Å². The Morgan fingerprint density at radius 2 is 1.34 bits per heavy atom. The lowest BCUT2D eigenvalue weighted by Gasteiger charge is -2.30. The number of nitrogens with zero attached hydrogens (tertiary/aromatic N) is 5. The molecule has 2 N–H and O–H groups in total. The molecule has 2 atom stereocenters. The molecule has 2 aromatic heterocycles. The average molecular weight is 593 g/mol. The fourth-order valence-corrected chi connectivity index (χ4v) is 8.30. The Morgan fingerprint density at radius 3 is 1.83 bits per heavy atom. The van der Waals surface area contributed by atoms with Gasteiger partial charge in [-0.3, -0.25) is 23.7 Å². The maximum absolute atomic E-state index is 11.6. The minimum Gasteiger partial charge on any atom is -0.396 e. The number of nitro groups is 1. The molecule has 2 saturated heterocycles. The van der Waals surface area contributed by atoms with E-state index in [1.165, 1.54) is 17.3 Å². The van der Waals surface area contributed by atoms with Gasteiger partial charge in [-0.25, -0.2) is 0 Å². The molecule has 4 aromatic rings. The number of benzene rings is 2. The number of rotatable bonds is 7. The molecule has 2 fully saturated rings. The highest BCUT2D eigenvalue weighted by molar-refractivity contribution is 7.99. The second-order valence-corrected chi connectivity index (χ2v) is 13.5. The molecule has 41 heavy (non-hydrogen) atoms. The first kappa shape index (κ1) is 29.1. The highest BCUT2D eigenvalue weighted by Crippen LogP contribution is 2.37. The lowest BCUT2D eigenvalue weighted by Crippen LogP contribution is -2.28. The van der Waals surface area contributed by atoms with Crippen molar-refractivity contribution < 1.29 is 9.13 Å². The minimum absolute atomic E-state index is 0.0566. The Morgan fingerprint density at radius 1 is 0.829 bits per heavy atom. The third kappa shape index (κ3) is 7.45. The van der Waals surface area contributed by atoms with Crippen LogP contribution >= 0.6 is 11.8 Å². The largest absolute Gasteiger partial charge is 0.396 e. The van der Waals surface area contributed by atoms with E-state index in [1.807, 2.05) is 46.9 Å². The van der Waals surface area contributed by atoms with Gasteiger partial charge in [0.15, 0.2) is 0 Å². The van der Waals surface area contributed by atoms with Crippen molar-refractivity contribution in [3.63, 3.8) is 0 Å². The van der Waals surface area contributed by atoms with Gasteiger partial charge in [-0.1, -0.05) is 60.7 Å². The molecular formula is C30H36N6O3S2. The van der Waals surface area contributed by atoms with E-state index >= 15 is 0 Å². The van der Waals surface area contributed by atoms with E-state index in [0.29, 0.717) is 17.5 Å². The first-order valence-corrected chi connectivity index (χ1v) is 16.6.